The van der Waals surface area contributed by atoms with Gasteiger partial charge >= 0.3 is 0 Å². The SMILES string of the molecule is CC(C)(C)PC(C)(C(c1ccccc1)c1ccccc1)C(c1ccccc1)(c1ccccc1)c1ccccc1. The van der Waals surface area contributed by atoms with E-state index < -0.39 is 5.41 Å². The van der Waals surface area contributed by atoms with Crippen molar-refractivity contribution < 1.29 is 0 Å². The normalized spacial score (nSPS) is 14.0. The third-order valence-corrected chi connectivity index (χ3v) is 9.81. The Labute approximate surface area is 236 Å². The predicted octanol–water partition coefficient (Wildman–Crippen LogP) is 10.1. The molecule has 5 rings (SSSR count). The second kappa shape index (κ2) is 11.3. The van der Waals surface area contributed by atoms with Crippen molar-refractivity contribution in [3.05, 3.63) is 179 Å². The van der Waals surface area contributed by atoms with Gasteiger partial charge in [0.2, 0.25) is 0 Å². The van der Waals surface area contributed by atoms with Crippen LogP contribution in [0.5, 0.6) is 0 Å². The molecule has 0 nitrogen and oxygen atoms in total. The monoisotopic (exact) mass is 526 g/mol. The van der Waals surface area contributed by atoms with Gasteiger partial charge in [-0.15, -0.1) is 8.58 Å². The quantitative estimate of drug-likeness (QED) is 0.139. The first-order valence-corrected chi connectivity index (χ1v) is 14.9. The van der Waals surface area contributed by atoms with Crippen molar-refractivity contribution in [1.29, 1.82) is 0 Å². The van der Waals surface area contributed by atoms with Crippen LogP contribution in [0.2, 0.25) is 0 Å². The molecule has 0 aliphatic rings. The summed E-state index contributed by atoms with van der Waals surface area (Å²) < 4.78 is 0. The summed E-state index contributed by atoms with van der Waals surface area (Å²) in [5.41, 5.74) is 6.29. The molecule has 0 bridgehead atoms. The highest BCUT2D eigenvalue weighted by molar-refractivity contribution is 7.42. The van der Waals surface area contributed by atoms with Crippen molar-refractivity contribution in [1.82, 2.24) is 0 Å². The van der Waals surface area contributed by atoms with Crippen LogP contribution in [-0.2, 0) is 5.41 Å². The van der Waals surface area contributed by atoms with Crippen LogP contribution in [0.4, 0.5) is 0 Å². The van der Waals surface area contributed by atoms with Crippen LogP contribution in [0.25, 0.3) is 0 Å². The Morgan fingerprint density at radius 2 is 0.692 bits per heavy atom. The molecular formula is C38H39P. The molecule has 196 valence electrons. The molecule has 0 heterocycles. The average molecular weight is 527 g/mol. The zero-order chi connectivity index (χ0) is 27.3. The zero-order valence-electron chi connectivity index (χ0n) is 23.5. The fourth-order valence-corrected chi connectivity index (χ4v) is 9.43. The van der Waals surface area contributed by atoms with Gasteiger partial charge in [0.05, 0.1) is 5.41 Å². The van der Waals surface area contributed by atoms with Crippen LogP contribution in [0, 0.1) is 0 Å². The third-order valence-electron chi connectivity index (χ3n) is 7.88. The summed E-state index contributed by atoms with van der Waals surface area (Å²) in [5.74, 6) is 0.151. The summed E-state index contributed by atoms with van der Waals surface area (Å²) >= 11 is 0. The smallest absolute Gasteiger partial charge is 0.0550 e. The van der Waals surface area contributed by atoms with E-state index in [0.717, 1.165) is 0 Å². The Morgan fingerprint density at radius 3 is 0.974 bits per heavy atom. The van der Waals surface area contributed by atoms with Crippen LogP contribution >= 0.6 is 8.58 Å². The van der Waals surface area contributed by atoms with Crippen molar-refractivity contribution in [3.63, 3.8) is 0 Å². The number of rotatable bonds is 8. The van der Waals surface area contributed by atoms with Crippen molar-refractivity contribution in [2.24, 2.45) is 0 Å². The van der Waals surface area contributed by atoms with Crippen molar-refractivity contribution in [3.8, 4) is 0 Å². The van der Waals surface area contributed by atoms with Gasteiger partial charge in [-0.25, -0.2) is 0 Å². The number of benzene rings is 5. The second-order valence-electron chi connectivity index (χ2n) is 11.7. The highest BCUT2D eigenvalue weighted by Crippen LogP contribution is 2.65. The molecule has 5 aromatic carbocycles. The molecule has 0 saturated carbocycles. The summed E-state index contributed by atoms with van der Waals surface area (Å²) in [6.45, 7) is 9.78. The summed E-state index contributed by atoms with van der Waals surface area (Å²) in [6, 6.07) is 56.1. The summed E-state index contributed by atoms with van der Waals surface area (Å²) in [4.78, 5) is 0. The molecule has 0 radical (unpaired) electrons. The van der Waals surface area contributed by atoms with Gasteiger partial charge in [0.1, 0.15) is 0 Å². The molecule has 0 saturated heterocycles. The molecule has 0 aliphatic carbocycles. The molecule has 5 aromatic rings. The Hall–Kier alpha value is -3.47. The molecule has 0 spiro atoms. The molecule has 0 amide bonds. The Morgan fingerprint density at radius 1 is 0.410 bits per heavy atom. The summed E-state index contributed by atoms with van der Waals surface area (Å²) in [6.07, 6.45) is 0. The number of hydrogen-bond donors (Lipinski definition) is 0. The molecule has 0 fully saturated rings. The molecular weight excluding hydrogens is 487 g/mol. The van der Waals surface area contributed by atoms with E-state index in [4.69, 9.17) is 0 Å². The highest BCUT2D eigenvalue weighted by Gasteiger charge is 2.57. The van der Waals surface area contributed by atoms with Crippen LogP contribution in [-0.4, -0.2) is 10.3 Å². The Bertz CT molecular complexity index is 1300. The average Bonchev–Trinajstić information content (AvgIpc) is 2.95. The van der Waals surface area contributed by atoms with E-state index in [1.54, 1.807) is 0 Å². The third kappa shape index (κ3) is 5.24. The molecule has 2 atom stereocenters. The summed E-state index contributed by atoms with van der Waals surface area (Å²) in [5, 5.41) is -0.141. The largest absolute Gasteiger partial charge is 0.108 e. The first-order chi connectivity index (χ1) is 18.9. The van der Waals surface area contributed by atoms with Crippen LogP contribution in [0.3, 0.4) is 0 Å². The maximum atomic E-state index is 2.56. The minimum atomic E-state index is -0.418. The second-order valence-corrected chi connectivity index (χ2v) is 14.5. The molecule has 0 N–H and O–H groups in total. The zero-order valence-corrected chi connectivity index (χ0v) is 24.5. The van der Waals surface area contributed by atoms with Gasteiger partial charge in [0.15, 0.2) is 0 Å². The molecule has 1 heteroatoms. The number of hydrogen-bond acceptors (Lipinski definition) is 0. The van der Waals surface area contributed by atoms with Gasteiger partial charge in [-0.1, -0.05) is 179 Å². The van der Waals surface area contributed by atoms with Gasteiger partial charge in [0.25, 0.3) is 0 Å². The molecule has 0 aromatic heterocycles. The van der Waals surface area contributed by atoms with Crippen LogP contribution in [0.1, 0.15) is 61.4 Å². The van der Waals surface area contributed by atoms with Gasteiger partial charge in [0, 0.05) is 11.1 Å². The van der Waals surface area contributed by atoms with Crippen LogP contribution in [0.15, 0.2) is 152 Å². The van der Waals surface area contributed by atoms with Crippen molar-refractivity contribution >= 4 is 8.58 Å². The van der Waals surface area contributed by atoms with Gasteiger partial charge in [-0.2, -0.15) is 0 Å². The lowest BCUT2D eigenvalue weighted by Gasteiger charge is -2.56. The lowest BCUT2D eigenvalue weighted by Crippen LogP contribution is -2.53. The van der Waals surface area contributed by atoms with Crippen molar-refractivity contribution in [2.75, 3.05) is 0 Å². The molecule has 0 aliphatic heterocycles. The first-order valence-electron chi connectivity index (χ1n) is 13.9. The standard InChI is InChI=1S/C38H39P/c1-36(2,3)39-37(4,35(30-20-10-5-11-21-30)31-22-12-6-13-23-31)38(32-24-14-7-15-25-32,33-26-16-8-17-27-33)34-28-18-9-19-29-34/h5-29,35,39H,1-4H3. The Kier molecular flexibility index (Phi) is 7.88. The van der Waals surface area contributed by atoms with E-state index >= 15 is 0 Å². The maximum absolute atomic E-state index is 2.56. The minimum absolute atomic E-state index is 0.0974. The summed E-state index contributed by atoms with van der Waals surface area (Å²) in [7, 11) is 0.645. The van der Waals surface area contributed by atoms with E-state index in [1.807, 2.05) is 0 Å². The van der Waals surface area contributed by atoms with E-state index in [0.29, 0.717) is 8.58 Å². The lowest BCUT2D eigenvalue weighted by molar-refractivity contribution is 0.399. The topological polar surface area (TPSA) is 0 Å². The van der Waals surface area contributed by atoms with E-state index in [-0.39, 0.29) is 16.2 Å². The molecule has 2 unspecified atom stereocenters. The van der Waals surface area contributed by atoms with Gasteiger partial charge in [-0.3, -0.25) is 0 Å². The van der Waals surface area contributed by atoms with Gasteiger partial charge in [-0.05, 0) is 33.0 Å². The maximum Gasteiger partial charge on any atom is 0.0550 e. The van der Waals surface area contributed by atoms with Crippen LogP contribution < -0.4 is 0 Å². The fourth-order valence-electron chi connectivity index (χ4n) is 6.78. The fraction of sp³-hybridized carbons (Fsp3) is 0.211. The van der Waals surface area contributed by atoms with Crippen molar-refractivity contribution in [2.45, 2.75) is 49.3 Å². The highest BCUT2D eigenvalue weighted by atomic mass is 31.1. The minimum Gasteiger partial charge on any atom is -0.108 e. The van der Waals surface area contributed by atoms with E-state index in [2.05, 4.69) is 179 Å². The first kappa shape index (κ1) is 27.1. The van der Waals surface area contributed by atoms with E-state index in [9.17, 15) is 0 Å². The predicted molar refractivity (Wildman–Crippen MR) is 170 cm³/mol. The molecule has 39 heavy (non-hydrogen) atoms. The van der Waals surface area contributed by atoms with Gasteiger partial charge < -0.3 is 0 Å². The van der Waals surface area contributed by atoms with E-state index in [1.165, 1.54) is 27.8 Å². The lowest BCUT2D eigenvalue weighted by atomic mass is 9.56. The Balaban J connectivity index is 1.99.